The Kier molecular flexibility index (Phi) is 4.65. The van der Waals surface area contributed by atoms with Crippen LogP contribution >= 0.6 is 15.9 Å². The molecule has 2 fully saturated rings. The third-order valence-corrected chi connectivity index (χ3v) is 4.08. The minimum Gasteiger partial charge on any atom is -0.381 e. The zero-order chi connectivity index (χ0) is 11.4. The number of ether oxygens (including phenoxy) is 1. The average molecular weight is 290 g/mol. The van der Waals surface area contributed by atoms with E-state index in [2.05, 4.69) is 20.8 Å². The Morgan fingerprint density at radius 2 is 2.31 bits per heavy atom. The molecule has 0 bridgehead atoms. The summed E-state index contributed by atoms with van der Waals surface area (Å²) in [5, 5.41) is 1.05. The molecule has 2 aliphatic heterocycles. The lowest BCUT2D eigenvalue weighted by molar-refractivity contribution is -0.137. The van der Waals surface area contributed by atoms with Crippen molar-refractivity contribution in [1.82, 2.24) is 4.90 Å². The van der Waals surface area contributed by atoms with Crippen LogP contribution in [0.3, 0.4) is 0 Å². The van der Waals surface area contributed by atoms with Gasteiger partial charge in [-0.25, -0.2) is 0 Å². The first kappa shape index (κ1) is 12.4. The van der Waals surface area contributed by atoms with Crippen molar-refractivity contribution in [3.05, 3.63) is 0 Å². The van der Waals surface area contributed by atoms with Gasteiger partial charge in [0, 0.05) is 25.0 Å². The molecule has 2 saturated heterocycles. The zero-order valence-corrected chi connectivity index (χ0v) is 11.2. The van der Waals surface area contributed by atoms with Crippen LogP contribution in [0.15, 0.2) is 0 Å². The van der Waals surface area contributed by atoms with E-state index in [4.69, 9.17) is 4.74 Å². The van der Waals surface area contributed by atoms with Gasteiger partial charge in [0.05, 0.1) is 12.5 Å². The van der Waals surface area contributed by atoms with Crippen LogP contribution in [-0.4, -0.2) is 42.4 Å². The second-order valence-electron chi connectivity index (χ2n) is 4.83. The molecule has 2 atom stereocenters. The standard InChI is InChI=1S/C12H20BrNO2/c13-5-3-10-2-1-6-14(8-10)12(15)11-4-7-16-9-11/h10-11H,1-9H2. The summed E-state index contributed by atoms with van der Waals surface area (Å²) in [5.41, 5.74) is 0. The van der Waals surface area contributed by atoms with Crippen molar-refractivity contribution in [3.8, 4) is 0 Å². The zero-order valence-electron chi connectivity index (χ0n) is 9.66. The molecule has 2 aliphatic rings. The van der Waals surface area contributed by atoms with Crippen LogP contribution in [0.4, 0.5) is 0 Å². The summed E-state index contributed by atoms with van der Waals surface area (Å²) >= 11 is 3.48. The number of piperidine rings is 1. The largest absolute Gasteiger partial charge is 0.381 e. The van der Waals surface area contributed by atoms with Crippen LogP contribution in [0, 0.1) is 11.8 Å². The summed E-state index contributed by atoms with van der Waals surface area (Å²) < 4.78 is 5.29. The summed E-state index contributed by atoms with van der Waals surface area (Å²) in [6.07, 6.45) is 4.54. The minimum absolute atomic E-state index is 0.141. The summed E-state index contributed by atoms with van der Waals surface area (Å²) in [5.74, 6) is 1.17. The van der Waals surface area contributed by atoms with Gasteiger partial charge >= 0.3 is 0 Å². The molecule has 4 heteroatoms. The average Bonchev–Trinajstić information content (AvgIpc) is 2.82. The number of carbonyl (C=O) groups is 1. The van der Waals surface area contributed by atoms with Crippen molar-refractivity contribution in [3.63, 3.8) is 0 Å². The number of carbonyl (C=O) groups excluding carboxylic acids is 1. The third kappa shape index (κ3) is 2.98. The number of halogens is 1. The van der Waals surface area contributed by atoms with Gasteiger partial charge in [-0.1, -0.05) is 15.9 Å². The molecular formula is C12H20BrNO2. The number of rotatable bonds is 3. The van der Waals surface area contributed by atoms with E-state index in [1.807, 2.05) is 0 Å². The maximum Gasteiger partial charge on any atom is 0.228 e. The molecule has 0 aromatic carbocycles. The van der Waals surface area contributed by atoms with Crippen molar-refractivity contribution in [2.24, 2.45) is 11.8 Å². The third-order valence-electron chi connectivity index (χ3n) is 3.63. The van der Waals surface area contributed by atoms with E-state index in [-0.39, 0.29) is 5.92 Å². The van der Waals surface area contributed by atoms with E-state index in [1.54, 1.807) is 0 Å². The molecule has 0 spiro atoms. The van der Waals surface area contributed by atoms with Crippen molar-refractivity contribution >= 4 is 21.8 Å². The fraction of sp³-hybridized carbons (Fsp3) is 0.917. The first-order chi connectivity index (χ1) is 7.81. The number of nitrogens with zero attached hydrogens (tertiary/aromatic N) is 1. The van der Waals surface area contributed by atoms with E-state index in [0.29, 0.717) is 18.4 Å². The smallest absolute Gasteiger partial charge is 0.228 e. The van der Waals surface area contributed by atoms with Crippen LogP contribution < -0.4 is 0 Å². The number of hydrogen-bond donors (Lipinski definition) is 0. The monoisotopic (exact) mass is 289 g/mol. The van der Waals surface area contributed by atoms with Gasteiger partial charge in [0.1, 0.15) is 0 Å². The molecular weight excluding hydrogens is 270 g/mol. The molecule has 2 rings (SSSR count). The lowest BCUT2D eigenvalue weighted by atomic mass is 9.94. The lowest BCUT2D eigenvalue weighted by Gasteiger charge is -2.34. The molecule has 0 saturated carbocycles. The second kappa shape index (κ2) is 6.01. The Morgan fingerprint density at radius 1 is 1.44 bits per heavy atom. The van der Waals surface area contributed by atoms with Gasteiger partial charge in [-0.15, -0.1) is 0 Å². The van der Waals surface area contributed by atoms with Crippen molar-refractivity contribution in [2.75, 3.05) is 31.6 Å². The Labute approximate surface area is 106 Å². The Hall–Kier alpha value is -0.0900. The van der Waals surface area contributed by atoms with Crippen LogP contribution in [-0.2, 0) is 9.53 Å². The van der Waals surface area contributed by atoms with Gasteiger partial charge in [-0.2, -0.15) is 0 Å². The van der Waals surface area contributed by atoms with E-state index in [1.165, 1.54) is 12.8 Å². The second-order valence-corrected chi connectivity index (χ2v) is 5.62. The highest BCUT2D eigenvalue weighted by Crippen LogP contribution is 2.23. The normalized spacial score (nSPS) is 30.7. The highest BCUT2D eigenvalue weighted by atomic mass is 79.9. The first-order valence-electron chi connectivity index (χ1n) is 6.23. The molecule has 0 radical (unpaired) electrons. The van der Waals surface area contributed by atoms with Crippen LogP contribution in [0.2, 0.25) is 0 Å². The Morgan fingerprint density at radius 3 is 3.00 bits per heavy atom. The first-order valence-corrected chi connectivity index (χ1v) is 7.36. The van der Waals surface area contributed by atoms with Crippen LogP contribution in [0.1, 0.15) is 25.7 Å². The SMILES string of the molecule is O=C(C1CCOC1)N1CCCC(CCBr)C1. The highest BCUT2D eigenvalue weighted by molar-refractivity contribution is 9.09. The lowest BCUT2D eigenvalue weighted by Crippen LogP contribution is -2.43. The Balaban J connectivity index is 1.85. The summed E-state index contributed by atoms with van der Waals surface area (Å²) in [7, 11) is 0. The molecule has 2 unspecified atom stereocenters. The Bertz CT molecular complexity index is 239. The van der Waals surface area contributed by atoms with Crippen molar-refractivity contribution < 1.29 is 9.53 Å². The number of likely N-dealkylation sites (tertiary alicyclic amines) is 1. The van der Waals surface area contributed by atoms with Gasteiger partial charge in [-0.05, 0) is 31.6 Å². The van der Waals surface area contributed by atoms with E-state index in [9.17, 15) is 4.79 Å². The number of amides is 1. The minimum atomic E-state index is 0.141. The van der Waals surface area contributed by atoms with E-state index in [0.717, 1.165) is 37.9 Å². The van der Waals surface area contributed by atoms with Gasteiger partial charge in [0.25, 0.3) is 0 Å². The van der Waals surface area contributed by atoms with Gasteiger partial charge in [-0.3, -0.25) is 4.79 Å². The molecule has 0 aromatic rings. The van der Waals surface area contributed by atoms with Crippen LogP contribution in [0.5, 0.6) is 0 Å². The summed E-state index contributed by atoms with van der Waals surface area (Å²) in [6.45, 7) is 3.31. The fourth-order valence-corrected chi connectivity index (χ4v) is 3.29. The molecule has 0 aliphatic carbocycles. The van der Waals surface area contributed by atoms with Crippen molar-refractivity contribution in [2.45, 2.75) is 25.7 Å². The molecule has 3 nitrogen and oxygen atoms in total. The van der Waals surface area contributed by atoms with Crippen molar-refractivity contribution in [1.29, 1.82) is 0 Å². The highest BCUT2D eigenvalue weighted by Gasteiger charge is 2.30. The van der Waals surface area contributed by atoms with Gasteiger partial charge in [0.15, 0.2) is 0 Å². The van der Waals surface area contributed by atoms with Gasteiger partial charge in [0.2, 0.25) is 5.91 Å². The van der Waals surface area contributed by atoms with E-state index < -0.39 is 0 Å². The predicted molar refractivity (Wildman–Crippen MR) is 66.6 cm³/mol. The predicted octanol–water partition coefficient (Wildman–Crippen LogP) is 2.05. The molecule has 92 valence electrons. The fourth-order valence-electron chi connectivity index (χ4n) is 2.64. The number of hydrogen-bond acceptors (Lipinski definition) is 2. The van der Waals surface area contributed by atoms with E-state index >= 15 is 0 Å². The molecule has 1 amide bonds. The molecule has 0 aromatic heterocycles. The van der Waals surface area contributed by atoms with Gasteiger partial charge < -0.3 is 9.64 Å². The maximum atomic E-state index is 12.2. The summed E-state index contributed by atoms with van der Waals surface area (Å²) in [4.78, 5) is 14.3. The quantitative estimate of drug-likeness (QED) is 0.745. The van der Waals surface area contributed by atoms with Crippen LogP contribution in [0.25, 0.3) is 0 Å². The maximum absolute atomic E-state index is 12.2. The molecule has 2 heterocycles. The topological polar surface area (TPSA) is 29.5 Å². The summed E-state index contributed by atoms with van der Waals surface area (Å²) in [6, 6.07) is 0. The number of alkyl halides is 1. The molecule has 16 heavy (non-hydrogen) atoms. The molecule has 0 N–H and O–H groups in total.